The maximum Gasteiger partial charge on any atom is 0.269 e. The van der Waals surface area contributed by atoms with Gasteiger partial charge >= 0.3 is 0 Å². The average Bonchev–Trinajstić information content (AvgIpc) is 2.51. The molecule has 1 spiro atoms. The topological polar surface area (TPSA) is 79.6 Å². The third-order valence-corrected chi connectivity index (χ3v) is 2.01. The number of hydrogen-bond acceptors (Lipinski definition) is 2. The minimum atomic E-state index is -0.698. The lowest BCUT2D eigenvalue weighted by molar-refractivity contribution is -0.485. The van der Waals surface area contributed by atoms with Crippen molar-refractivity contribution in [3.05, 3.63) is 10.1 Å². The molecule has 0 atom stereocenters. The first-order chi connectivity index (χ1) is 5.20. The van der Waals surface area contributed by atoms with Crippen molar-refractivity contribution >= 4 is 5.96 Å². The van der Waals surface area contributed by atoms with E-state index in [0.29, 0.717) is 5.96 Å². The van der Waals surface area contributed by atoms with Gasteiger partial charge in [0.05, 0.1) is 5.54 Å². The molecule has 0 aromatic carbocycles. The van der Waals surface area contributed by atoms with Gasteiger partial charge < -0.3 is 10.6 Å². The summed E-state index contributed by atoms with van der Waals surface area (Å²) < 4.78 is 0. The van der Waals surface area contributed by atoms with Crippen LogP contribution < -0.4 is 10.6 Å². The van der Waals surface area contributed by atoms with Crippen LogP contribution in [0.2, 0.25) is 0 Å². The van der Waals surface area contributed by atoms with Crippen molar-refractivity contribution in [3.8, 4) is 0 Å². The van der Waals surface area contributed by atoms with E-state index in [1.54, 1.807) is 0 Å². The van der Waals surface area contributed by atoms with Crippen LogP contribution in [0.3, 0.4) is 0 Å². The molecule has 1 aliphatic carbocycles. The third-order valence-electron chi connectivity index (χ3n) is 2.01. The smallest absolute Gasteiger partial charge is 0.269 e. The van der Waals surface area contributed by atoms with Gasteiger partial charge in [-0.25, -0.2) is 10.1 Å². The normalized spacial score (nSPS) is 28.2. The quantitative estimate of drug-likeness (QED) is 0.387. The van der Waals surface area contributed by atoms with E-state index in [0.717, 1.165) is 19.4 Å². The molecule has 6 heteroatoms. The fraction of sp³-hybridized carbons (Fsp3) is 0.800. The Morgan fingerprint density at radius 1 is 1.64 bits per heavy atom. The van der Waals surface area contributed by atoms with Gasteiger partial charge in [-0.3, -0.25) is 0 Å². The molecule has 1 saturated carbocycles. The average molecular weight is 156 g/mol. The molecule has 2 fully saturated rings. The zero-order chi connectivity index (χ0) is 7.90. The van der Waals surface area contributed by atoms with E-state index in [1.165, 1.54) is 0 Å². The van der Waals surface area contributed by atoms with Gasteiger partial charge in [-0.2, -0.15) is 0 Å². The van der Waals surface area contributed by atoms with Gasteiger partial charge in [0.1, 0.15) is 5.10 Å². The summed E-state index contributed by atoms with van der Waals surface area (Å²) in [6.45, 7) is 0.764. The molecule has 60 valence electrons. The second-order valence-electron chi connectivity index (χ2n) is 2.95. The minimum Gasteiger partial charge on any atom is -0.349 e. The number of rotatable bonds is 1. The molecule has 1 aliphatic heterocycles. The van der Waals surface area contributed by atoms with Crippen LogP contribution in [0.25, 0.3) is 0 Å². The first kappa shape index (κ1) is 6.38. The Morgan fingerprint density at radius 2 is 2.36 bits per heavy atom. The zero-order valence-corrected chi connectivity index (χ0v) is 5.83. The Balaban J connectivity index is 2.04. The van der Waals surface area contributed by atoms with Crippen LogP contribution in [0.15, 0.2) is 5.10 Å². The largest absolute Gasteiger partial charge is 0.349 e. The molecule has 0 aromatic rings. The van der Waals surface area contributed by atoms with E-state index in [-0.39, 0.29) is 5.54 Å². The third kappa shape index (κ3) is 1.11. The molecule has 1 heterocycles. The van der Waals surface area contributed by atoms with Crippen LogP contribution in [0.5, 0.6) is 0 Å². The Kier molecular flexibility index (Phi) is 1.07. The first-order valence-corrected chi connectivity index (χ1v) is 3.45. The molecule has 2 N–H and O–H groups in total. The summed E-state index contributed by atoms with van der Waals surface area (Å²) >= 11 is 0. The summed E-state index contributed by atoms with van der Waals surface area (Å²) in [5, 5.41) is 18.2. The highest BCUT2D eigenvalue weighted by Crippen LogP contribution is 2.36. The van der Waals surface area contributed by atoms with Crippen molar-refractivity contribution in [2.75, 3.05) is 6.54 Å². The summed E-state index contributed by atoms with van der Waals surface area (Å²) in [6, 6.07) is 0. The lowest BCUT2D eigenvalue weighted by Gasteiger charge is -2.00. The zero-order valence-electron chi connectivity index (χ0n) is 5.83. The standard InChI is InChI=1S/C5H8N4O2/c10-9(11)8-4-6-3-5(7-4)1-2-5/h1-3H2,(H2,6,7,8). The van der Waals surface area contributed by atoms with Crippen molar-refractivity contribution in [1.29, 1.82) is 0 Å². The molecule has 0 bridgehead atoms. The Hall–Kier alpha value is -1.33. The van der Waals surface area contributed by atoms with Gasteiger partial charge in [0, 0.05) is 6.54 Å². The highest BCUT2D eigenvalue weighted by atomic mass is 16.7. The van der Waals surface area contributed by atoms with Gasteiger partial charge in [0.15, 0.2) is 5.03 Å². The maximum absolute atomic E-state index is 9.92. The highest BCUT2D eigenvalue weighted by molar-refractivity contribution is 5.83. The molecule has 2 rings (SSSR count). The lowest BCUT2D eigenvalue weighted by atomic mass is 10.3. The van der Waals surface area contributed by atoms with Gasteiger partial charge in [0.2, 0.25) is 0 Å². The number of hydrogen-bond donors (Lipinski definition) is 2. The monoisotopic (exact) mass is 156 g/mol. The van der Waals surface area contributed by atoms with Crippen molar-refractivity contribution in [2.45, 2.75) is 18.4 Å². The first-order valence-electron chi connectivity index (χ1n) is 3.45. The molecule has 0 amide bonds. The number of nitro groups is 1. The van der Waals surface area contributed by atoms with Crippen LogP contribution >= 0.6 is 0 Å². The summed E-state index contributed by atoms with van der Waals surface area (Å²) in [5.41, 5.74) is 0.106. The molecule has 11 heavy (non-hydrogen) atoms. The van der Waals surface area contributed by atoms with E-state index >= 15 is 0 Å². The van der Waals surface area contributed by atoms with Crippen molar-refractivity contribution < 1.29 is 5.03 Å². The highest BCUT2D eigenvalue weighted by Gasteiger charge is 2.47. The lowest BCUT2D eigenvalue weighted by Crippen LogP contribution is -2.30. The molecule has 0 unspecified atom stereocenters. The van der Waals surface area contributed by atoms with E-state index in [9.17, 15) is 10.1 Å². The Bertz CT molecular complexity index is 233. The van der Waals surface area contributed by atoms with E-state index < -0.39 is 5.03 Å². The molecule has 1 saturated heterocycles. The molecular formula is C5H8N4O2. The summed E-state index contributed by atoms with van der Waals surface area (Å²) in [6.07, 6.45) is 2.16. The van der Waals surface area contributed by atoms with Gasteiger partial charge in [-0.1, -0.05) is 0 Å². The Morgan fingerprint density at radius 3 is 2.82 bits per heavy atom. The van der Waals surface area contributed by atoms with Crippen LogP contribution in [-0.4, -0.2) is 23.1 Å². The summed E-state index contributed by atoms with van der Waals surface area (Å²) in [4.78, 5) is 9.92. The van der Waals surface area contributed by atoms with E-state index in [1.807, 2.05) is 0 Å². The van der Waals surface area contributed by atoms with Gasteiger partial charge in [-0.15, -0.1) is 0 Å². The number of hydrazone groups is 1. The van der Waals surface area contributed by atoms with E-state index in [4.69, 9.17) is 0 Å². The maximum atomic E-state index is 9.92. The van der Waals surface area contributed by atoms with Crippen molar-refractivity contribution in [1.82, 2.24) is 10.6 Å². The van der Waals surface area contributed by atoms with Crippen LogP contribution in [0.4, 0.5) is 0 Å². The summed E-state index contributed by atoms with van der Waals surface area (Å²) in [5.74, 6) is 0.299. The minimum absolute atomic E-state index is 0.106. The SMILES string of the molecule is O=[N+]([O-])/N=C1/NCC2(CC2)N1. The molecule has 0 radical (unpaired) electrons. The predicted molar refractivity (Wildman–Crippen MR) is 37.5 cm³/mol. The number of nitrogens with one attached hydrogen (secondary N) is 2. The fourth-order valence-electron chi connectivity index (χ4n) is 1.19. The van der Waals surface area contributed by atoms with Gasteiger partial charge in [0.25, 0.3) is 5.96 Å². The molecule has 2 aliphatic rings. The van der Waals surface area contributed by atoms with E-state index in [2.05, 4.69) is 15.7 Å². The van der Waals surface area contributed by atoms with Gasteiger partial charge in [-0.05, 0) is 12.8 Å². The van der Waals surface area contributed by atoms with Crippen LogP contribution in [0.1, 0.15) is 12.8 Å². The number of guanidine groups is 1. The Labute approximate surface area is 62.8 Å². The molecule has 6 nitrogen and oxygen atoms in total. The second kappa shape index (κ2) is 1.84. The van der Waals surface area contributed by atoms with Crippen molar-refractivity contribution in [3.63, 3.8) is 0 Å². The molecular weight excluding hydrogens is 148 g/mol. The second-order valence-corrected chi connectivity index (χ2v) is 2.95. The summed E-state index contributed by atoms with van der Waals surface area (Å²) in [7, 11) is 0. The van der Waals surface area contributed by atoms with Crippen LogP contribution in [0, 0.1) is 10.1 Å². The predicted octanol–water partition coefficient (Wildman–Crippen LogP) is -0.741. The fourth-order valence-corrected chi connectivity index (χ4v) is 1.19. The van der Waals surface area contributed by atoms with Crippen molar-refractivity contribution in [2.24, 2.45) is 5.10 Å². The molecule has 0 aromatic heterocycles. The number of nitrogens with zero attached hydrogens (tertiary/aromatic N) is 2. The van der Waals surface area contributed by atoms with Crippen LogP contribution in [-0.2, 0) is 0 Å².